The maximum Gasteiger partial charge on any atom is 0.332 e. The van der Waals surface area contributed by atoms with Gasteiger partial charge in [-0.3, -0.25) is 18.9 Å². The molecule has 10 heteroatoms. The van der Waals surface area contributed by atoms with Crippen molar-refractivity contribution in [3.8, 4) is 11.4 Å². The molecule has 3 aromatic heterocycles. The fourth-order valence-electron chi connectivity index (χ4n) is 3.46. The molecule has 3 heterocycles. The number of halogens is 2. The average molecular weight is 460 g/mol. The van der Waals surface area contributed by atoms with E-state index in [0.717, 1.165) is 4.57 Å². The van der Waals surface area contributed by atoms with Crippen molar-refractivity contribution in [2.45, 2.75) is 19.5 Å². The Labute approximate surface area is 186 Å². The molecular weight excluding hydrogens is 441 g/mol. The minimum atomic E-state index is -0.495. The summed E-state index contributed by atoms with van der Waals surface area (Å²) in [7, 11) is 1.56. The number of imidazole rings is 1. The summed E-state index contributed by atoms with van der Waals surface area (Å²) >= 11 is 12.4. The van der Waals surface area contributed by atoms with Gasteiger partial charge in [0.1, 0.15) is 5.82 Å². The van der Waals surface area contributed by atoms with Crippen molar-refractivity contribution in [2.75, 3.05) is 6.61 Å². The Morgan fingerprint density at radius 1 is 1.06 bits per heavy atom. The molecule has 0 unspecified atom stereocenters. The Kier molecular flexibility index (Phi) is 5.95. The van der Waals surface area contributed by atoms with E-state index in [2.05, 4.69) is 9.97 Å². The summed E-state index contributed by atoms with van der Waals surface area (Å²) in [6, 6.07) is 10.6. The second-order valence-electron chi connectivity index (χ2n) is 7.02. The van der Waals surface area contributed by atoms with Gasteiger partial charge in [0.25, 0.3) is 5.56 Å². The minimum absolute atomic E-state index is 0.101. The van der Waals surface area contributed by atoms with Gasteiger partial charge in [-0.05, 0) is 30.7 Å². The molecule has 160 valence electrons. The first-order valence-electron chi connectivity index (χ1n) is 9.58. The van der Waals surface area contributed by atoms with Gasteiger partial charge in [-0.25, -0.2) is 9.78 Å². The topological polar surface area (TPSA) is 94.9 Å². The summed E-state index contributed by atoms with van der Waals surface area (Å²) < 4.78 is 4.16. The second kappa shape index (κ2) is 8.66. The van der Waals surface area contributed by atoms with Gasteiger partial charge in [0, 0.05) is 32.0 Å². The molecule has 31 heavy (non-hydrogen) atoms. The van der Waals surface area contributed by atoms with Gasteiger partial charge in [-0.15, -0.1) is 0 Å². The first kappa shape index (κ1) is 21.3. The molecule has 0 aliphatic carbocycles. The second-order valence-corrected chi connectivity index (χ2v) is 7.86. The fraction of sp³-hybridized carbons (Fsp3) is 0.238. The van der Waals surface area contributed by atoms with E-state index in [1.807, 2.05) is 6.07 Å². The van der Waals surface area contributed by atoms with Gasteiger partial charge >= 0.3 is 5.69 Å². The highest BCUT2D eigenvalue weighted by Gasteiger charge is 2.22. The molecular formula is C21H19Cl2N5O3. The van der Waals surface area contributed by atoms with E-state index in [-0.39, 0.29) is 37.3 Å². The van der Waals surface area contributed by atoms with Crippen molar-refractivity contribution in [1.29, 1.82) is 0 Å². The molecule has 0 fully saturated rings. The molecule has 0 atom stereocenters. The standard InChI is InChI=1S/C21H19Cl2N5O3/c1-26-19-17(20(30)27(21(26)31)9-4-10-29)28(12-14-8-7-13(22)11-24-14)18(25-19)15-5-2-3-6-16(15)23/h2-3,5-8,11,29H,4,9-10,12H2,1H3. The number of aliphatic hydroxyl groups is 1. The van der Waals surface area contributed by atoms with Crippen molar-refractivity contribution in [2.24, 2.45) is 7.05 Å². The molecule has 0 aliphatic heterocycles. The summed E-state index contributed by atoms with van der Waals surface area (Å²) in [5, 5.41) is 10.1. The van der Waals surface area contributed by atoms with Crippen molar-refractivity contribution in [1.82, 2.24) is 23.7 Å². The third-order valence-electron chi connectivity index (χ3n) is 5.00. The largest absolute Gasteiger partial charge is 0.396 e. The average Bonchev–Trinajstić information content (AvgIpc) is 3.13. The highest BCUT2D eigenvalue weighted by Crippen LogP contribution is 2.29. The number of rotatable bonds is 6. The van der Waals surface area contributed by atoms with Gasteiger partial charge < -0.3 is 9.67 Å². The first-order valence-corrected chi connectivity index (χ1v) is 10.3. The number of hydrogen-bond acceptors (Lipinski definition) is 5. The highest BCUT2D eigenvalue weighted by atomic mass is 35.5. The van der Waals surface area contributed by atoms with Crippen molar-refractivity contribution in [3.63, 3.8) is 0 Å². The summed E-state index contributed by atoms with van der Waals surface area (Å²) in [6.45, 7) is 0.192. The predicted molar refractivity (Wildman–Crippen MR) is 120 cm³/mol. The van der Waals surface area contributed by atoms with Crippen LogP contribution in [-0.4, -0.2) is 35.4 Å². The zero-order valence-corrected chi connectivity index (χ0v) is 18.1. The fourth-order valence-corrected chi connectivity index (χ4v) is 3.79. The smallest absolute Gasteiger partial charge is 0.332 e. The van der Waals surface area contributed by atoms with E-state index >= 15 is 0 Å². The van der Waals surface area contributed by atoms with Crippen molar-refractivity contribution < 1.29 is 5.11 Å². The molecule has 0 amide bonds. The lowest BCUT2D eigenvalue weighted by molar-refractivity contribution is 0.277. The number of pyridine rings is 1. The van der Waals surface area contributed by atoms with E-state index in [0.29, 0.717) is 27.1 Å². The van der Waals surface area contributed by atoms with Gasteiger partial charge in [-0.2, -0.15) is 0 Å². The van der Waals surface area contributed by atoms with Gasteiger partial charge in [-0.1, -0.05) is 35.3 Å². The lowest BCUT2D eigenvalue weighted by Gasteiger charge is -2.11. The molecule has 0 bridgehead atoms. The van der Waals surface area contributed by atoms with Gasteiger partial charge in [0.15, 0.2) is 11.2 Å². The predicted octanol–water partition coefficient (Wildman–Crippen LogP) is 2.70. The summed E-state index contributed by atoms with van der Waals surface area (Å²) in [6.07, 6.45) is 1.81. The maximum atomic E-state index is 13.3. The van der Waals surface area contributed by atoms with E-state index < -0.39 is 11.2 Å². The third kappa shape index (κ3) is 3.89. The molecule has 4 aromatic rings. The van der Waals surface area contributed by atoms with Crippen LogP contribution in [0, 0.1) is 0 Å². The van der Waals surface area contributed by atoms with Crippen LogP contribution < -0.4 is 11.2 Å². The summed E-state index contributed by atoms with van der Waals surface area (Å²) in [5.41, 5.74) is 0.818. The molecule has 4 rings (SSSR count). The SMILES string of the molecule is Cn1c(=O)n(CCCO)c(=O)c2c1nc(-c1ccccc1Cl)n2Cc1ccc(Cl)cn1. The van der Waals surface area contributed by atoms with Crippen LogP contribution in [0.2, 0.25) is 10.0 Å². The number of aryl methyl sites for hydroxylation is 1. The molecule has 8 nitrogen and oxygen atoms in total. The number of aromatic nitrogens is 5. The van der Waals surface area contributed by atoms with Crippen LogP contribution >= 0.6 is 23.2 Å². The molecule has 0 saturated carbocycles. The van der Waals surface area contributed by atoms with Gasteiger partial charge in [0.05, 0.1) is 22.3 Å². The Bertz CT molecular complexity index is 1370. The highest BCUT2D eigenvalue weighted by molar-refractivity contribution is 6.33. The van der Waals surface area contributed by atoms with Crippen LogP contribution in [0.5, 0.6) is 0 Å². The molecule has 0 spiro atoms. The molecule has 0 aliphatic rings. The lowest BCUT2D eigenvalue weighted by atomic mass is 10.2. The molecule has 0 saturated heterocycles. The number of hydrogen-bond donors (Lipinski definition) is 1. The zero-order chi connectivity index (χ0) is 22.1. The van der Waals surface area contributed by atoms with Crippen LogP contribution in [-0.2, 0) is 20.1 Å². The third-order valence-corrected chi connectivity index (χ3v) is 5.55. The van der Waals surface area contributed by atoms with Crippen LogP contribution in [0.4, 0.5) is 0 Å². The van der Waals surface area contributed by atoms with Crippen LogP contribution in [0.1, 0.15) is 12.1 Å². The number of nitrogens with zero attached hydrogens (tertiary/aromatic N) is 5. The van der Waals surface area contributed by atoms with Crippen LogP contribution in [0.15, 0.2) is 52.2 Å². The number of aliphatic hydroxyl groups excluding tert-OH is 1. The molecule has 1 N–H and O–H groups in total. The monoisotopic (exact) mass is 459 g/mol. The van der Waals surface area contributed by atoms with E-state index in [1.54, 1.807) is 41.9 Å². The summed E-state index contributed by atoms with van der Waals surface area (Å²) in [5.74, 6) is 0.448. The van der Waals surface area contributed by atoms with E-state index in [4.69, 9.17) is 23.2 Å². The van der Waals surface area contributed by atoms with Crippen molar-refractivity contribution >= 4 is 34.4 Å². The van der Waals surface area contributed by atoms with Crippen molar-refractivity contribution in [3.05, 3.63) is 79.2 Å². The zero-order valence-electron chi connectivity index (χ0n) is 16.6. The summed E-state index contributed by atoms with van der Waals surface area (Å²) in [4.78, 5) is 35.1. The Hall–Kier alpha value is -2.94. The first-order chi connectivity index (χ1) is 14.9. The van der Waals surface area contributed by atoms with Crippen LogP contribution in [0.25, 0.3) is 22.6 Å². The Morgan fingerprint density at radius 3 is 2.52 bits per heavy atom. The van der Waals surface area contributed by atoms with E-state index in [9.17, 15) is 14.7 Å². The quantitative estimate of drug-likeness (QED) is 0.478. The minimum Gasteiger partial charge on any atom is -0.396 e. The van der Waals surface area contributed by atoms with E-state index in [1.165, 1.54) is 10.8 Å². The Balaban J connectivity index is 2.04. The van der Waals surface area contributed by atoms with Gasteiger partial charge in [0.2, 0.25) is 0 Å². The maximum absolute atomic E-state index is 13.3. The number of fused-ring (bicyclic) bond motifs is 1. The number of benzene rings is 1. The Morgan fingerprint density at radius 2 is 1.84 bits per heavy atom. The molecule has 0 radical (unpaired) electrons. The van der Waals surface area contributed by atoms with Crippen LogP contribution in [0.3, 0.4) is 0 Å². The lowest BCUT2D eigenvalue weighted by Crippen LogP contribution is -2.40. The normalized spacial score (nSPS) is 11.4. The molecule has 1 aromatic carbocycles.